The summed E-state index contributed by atoms with van der Waals surface area (Å²) >= 11 is 0. The molecule has 0 aromatic heterocycles. The zero-order chi connectivity index (χ0) is 15.5. The van der Waals surface area contributed by atoms with Crippen LogP contribution in [0.5, 0.6) is 5.75 Å². The van der Waals surface area contributed by atoms with Gasteiger partial charge >= 0.3 is 0 Å². The van der Waals surface area contributed by atoms with Crippen molar-refractivity contribution in [2.45, 2.75) is 58.7 Å². The van der Waals surface area contributed by atoms with Crippen LogP contribution in [-0.4, -0.2) is 25.9 Å². The highest BCUT2D eigenvalue weighted by Crippen LogP contribution is 2.44. The standard InChI is InChI=1S/C18H29NO2/c1-6-14(13-10-8-9-11-15(13)20-5)19-16-12-17(21-7-2)18(16,3)4/h8-11,14,16-17,19H,6-7,12H2,1-5H3. The molecule has 0 spiro atoms. The first-order valence-corrected chi connectivity index (χ1v) is 8.05. The highest BCUT2D eigenvalue weighted by atomic mass is 16.5. The van der Waals surface area contributed by atoms with Crippen molar-refractivity contribution in [2.24, 2.45) is 5.41 Å². The van der Waals surface area contributed by atoms with Crippen LogP contribution in [0.25, 0.3) is 0 Å². The second kappa shape index (κ2) is 6.80. The van der Waals surface area contributed by atoms with Crippen LogP contribution in [0.1, 0.15) is 52.1 Å². The van der Waals surface area contributed by atoms with Crippen molar-refractivity contribution in [3.05, 3.63) is 29.8 Å². The van der Waals surface area contributed by atoms with Gasteiger partial charge < -0.3 is 14.8 Å². The average Bonchev–Trinajstić information content (AvgIpc) is 2.50. The predicted molar refractivity (Wildman–Crippen MR) is 86.8 cm³/mol. The SMILES string of the molecule is CCOC1CC(NC(CC)c2ccccc2OC)C1(C)C. The molecule has 3 nitrogen and oxygen atoms in total. The first-order valence-electron chi connectivity index (χ1n) is 8.05. The Morgan fingerprint density at radius 2 is 2.00 bits per heavy atom. The second-order valence-electron chi connectivity index (χ2n) is 6.42. The van der Waals surface area contributed by atoms with Crippen LogP contribution >= 0.6 is 0 Å². The van der Waals surface area contributed by atoms with E-state index in [1.807, 2.05) is 12.1 Å². The number of hydrogen-bond donors (Lipinski definition) is 1. The molecule has 1 aromatic rings. The van der Waals surface area contributed by atoms with Crippen molar-refractivity contribution in [1.29, 1.82) is 0 Å². The Hall–Kier alpha value is -1.06. The molecule has 0 radical (unpaired) electrons. The van der Waals surface area contributed by atoms with E-state index >= 15 is 0 Å². The van der Waals surface area contributed by atoms with Crippen molar-refractivity contribution >= 4 is 0 Å². The fourth-order valence-corrected chi connectivity index (χ4v) is 3.28. The van der Waals surface area contributed by atoms with Gasteiger partial charge in [0.2, 0.25) is 0 Å². The molecule has 2 rings (SSSR count). The fourth-order valence-electron chi connectivity index (χ4n) is 3.28. The van der Waals surface area contributed by atoms with Gasteiger partial charge in [-0.2, -0.15) is 0 Å². The van der Waals surface area contributed by atoms with Crippen LogP contribution < -0.4 is 10.1 Å². The van der Waals surface area contributed by atoms with E-state index in [1.54, 1.807) is 7.11 Å². The summed E-state index contributed by atoms with van der Waals surface area (Å²) in [7, 11) is 1.74. The molecule has 0 heterocycles. The van der Waals surface area contributed by atoms with E-state index in [2.05, 4.69) is 45.1 Å². The van der Waals surface area contributed by atoms with Crippen molar-refractivity contribution in [3.8, 4) is 5.75 Å². The summed E-state index contributed by atoms with van der Waals surface area (Å²) in [6.07, 6.45) is 2.51. The molecule has 1 N–H and O–H groups in total. The molecule has 3 unspecified atom stereocenters. The molecule has 21 heavy (non-hydrogen) atoms. The molecule has 1 aliphatic carbocycles. The first kappa shape index (κ1) is 16.3. The third kappa shape index (κ3) is 3.24. The van der Waals surface area contributed by atoms with Crippen molar-refractivity contribution in [3.63, 3.8) is 0 Å². The van der Waals surface area contributed by atoms with Gasteiger partial charge in [-0.1, -0.05) is 39.0 Å². The van der Waals surface area contributed by atoms with Crippen LogP contribution in [-0.2, 0) is 4.74 Å². The maximum absolute atomic E-state index is 5.82. The van der Waals surface area contributed by atoms with Gasteiger partial charge in [-0.25, -0.2) is 0 Å². The Labute approximate surface area is 129 Å². The third-order valence-corrected chi connectivity index (χ3v) is 4.87. The Morgan fingerprint density at radius 3 is 2.57 bits per heavy atom. The molecular formula is C18H29NO2. The number of ether oxygens (including phenoxy) is 2. The highest BCUT2D eigenvalue weighted by Gasteiger charge is 2.49. The minimum atomic E-state index is 0.186. The second-order valence-corrected chi connectivity index (χ2v) is 6.42. The summed E-state index contributed by atoms with van der Waals surface area (Å²) in [6, 6.07) is 9.11. The summed E-state index contributed by atoms with van der Waals surface area (Å²) in [5, 5.41) is 3.81. The van der Waals surface area contributed by atoms with Gasteiger partial charge in [-0.05, 0) is 25.8 Å². The number of rotatable bonds is 7. The van der Waals surface area contributed by atoms with Gasteiger partial charge in [0, 0.05) is 29.7 Å². The lowest BCUT2D eigenvalue weighted by molar-refractivity contribution is -0.116. The molecule has 0 aliphatic heterocycles. The Kier molecular flexibility index (Phi) is 5.28. The number of methoxy groups -OCH3 is 1. The summed E-state index contributed by atoms with van der Waals surface area (Å²) < 4.78 is 11.3. The molecule has 1 aromatic carbocycles. The van der Waals surface area contributed by atoms with Crippen LogP contribution in [0, 0.1) is 5.41 Å². The van der Waals surface area contributed by atoms with E-state index < -0.39 is 0 Å². The van der Waals surface area contributed by atoms with E-state index in [-0.39, 0.29) is 5.41 Å². The largest absolute Gasteiger partial charge is 0.496 e. The zero-order valence-electron chi connectivity index (χ0n) is 14.0. The molecule has 118 valence electrons. The van der Waals surface area contributed by atoms with Gasteiger partial charge in [-0.3, -0.25) is 0 Å². The van der Waals surface area contributed by atoms with Gasteiger partial charge in [0.15, 0.2) is 0 Å². The van der Waals surface area contributed by atoms with Crippen molar-refractivity contribution < 1.29 is 9.47 Å². The Bertz CT molecular complexity index is 458. The van der Waals surface area contributed by atoms with Crippen LogP contribution in [0.3, 0.4) is 0 Å². The van der Waals surface area contributed by atoms with Gasteiger partial charge in [-0.15, -0.1) is 0 Å². The maximum atomic E-state index is 5.82. The van der Waals surface area contributed by atoms with Crippen LogP contribution in [0.15, 0.2) is 24.3 Å². The average molecular weight is 291 g/mol. The molecule has 0 saturated heterocycles. The zero-order valence-corrected chi connectivity index (χ0v) is 14.0. The van der Waals surface area contributed by atoms with E-state index in [0.29, 0.717) is 18.2 Å². The van der Waals surface area contributed by atoms with Gasteiger partial charge in [0.25, 0.3) is 0 Å². The highest BCUT2D eigenvalue weighted by molar-refractivity contribution is 5.36. The lowest BCUT2D eigenvalue weighted by atomic mass is 9.64. The minimum absolute atomic E-state index is 0.186. The molecule has 0 amide bonds. The number of para-hydroxylation sites is 1. The Balaban J connectivity index is 2.07. The smallest absolute Gasteiger partial charge is 0.123 e. The van der Waals surface area contributed by atoms with Crippen LogP contribution in [0.2, 0.25) is 0 Å². The molecular weight excluding hydrogens is 262 g/mol. The van der Waals surface area contributed by atoms with E-state index in [0.717, 1.165) is 25.2 Å². The molecule has 1 saturated carbocycles. The van der Waals surface area contributed by atoms with Gasteiger partial charge in [0.1, 0.15) is 5.75 Å². The molecule has 1 fully saturated rings. The summed E-state index contributed by atoms with van der Waals surface area (Å²) in [6.45, 7) is 9.67. The normalized spacial score (nSPS) is 25.2. The summed E-state index contributed by atoms with van der Waals surface area (Å²) in [5.41, 5.74) is 1.43. The molecule has 0 bridgehead atoms. The lowest BCUT2D eigenvalue weighted by Gasteiger charge is -2.53. The molecule has 3 heteroatoms. The third-order valence-electron chi connectivity index (χ3n) is 4.87. The van der Waals surface area contributed by atoms with E-state index in [9.17, 15) is 0 Å². The molecule has 1 aliphatic rings. The van der Waals surface area contributed by atoms with E-state index in [4.69, 9.17) is 9.47 Å². The quantitative estimate of drug-likeness (QED) is 0.825. The number of benzene rings is 1. The van der Waals surface area contributed by atoms with Crippen molar-refractivity contribution in [2.75, 3.05) is 13.7 Å². The minimum Gasteiger partial charge on any atom is -0.496 e. The first-order chi connectivity index (χ1) is 10.0. The summed E-state index contributed by atoms with van der Waals surface area (Å²) in [4.78, 5) is 0. The van der Waals surface area contributed by atoms with Crippen molar-refractivity contribution in [1.82, 2.24) is 5.32 Å². The monoisotopic (exact) mass is 291 g/mol. The van der Waals surface area contributed by atoms with E-state index in [1.165, 1.54) is 5.56 Å². The number of hydrogen-bond acceptors (Lipinski definition) is 3. The number of nitrogens with one attached hydrogen (secondary N) is 1. The predicted octanol–water partition coefficient (Wildman–Crippen LogP) is 3.94. The topological polar surface area (TPSA) is 30.5 Å². The fraction of sp³-hybridized carbons (Fsp3) is 0.667. The maximum Gasteiger partial charge on any atom is 0.123 e. The molecule has 3 atom stereocenters. The van der Waals surface area contributed by atoms with Gasteiger partial charge in [0.05, 0.1) is 13.2 Å². The summed E-state index contributed by atoms with van der Waals surface area (Å²) in [5.74, 6) is 0.968. The van der Waals surface area contributed by atoms with Crippen LogP contribution in [0.4, 0.5) is 0 Å². The lowest BCUT2D eigenvalue weighted by Crippen LogP contribution is -2.61. The Morgan fingerprint density at radius 1 is 1.29 bits per heavy atom.